The summed E-state index contributed by atoms with van der Waals surface area (Å²) in [4.78, 5) is 16.2. The zero-order valence-electron chi connectivity index (χ0n) is 18.8. The van der Waals surface area contributed by atoms with Gasteiger partial charge in [0.1, 0.15) is 23.7 Å². The van der Waals surface area contributed by atoms with Crippen LogP contribution >= 0.6 is 0 Å². The Morgan fingerprint density at radius 1 is 1.24 bits per heavy atom. The molecule has 3 saturated heterocycles. The summed E-state index contributed by atoms with van der Waals surface area (Å²) in [6, 6.07) is 4.39. The Hall–Kier alpha value is -2.85. The maximum absolute atomic E-state index is 15.2. The van der Waals surface area contributed by atoms with Gasteiger partial charge in [-0.25, -0.2) is 9.18 Å². The van der Waals surface area contributed by atoms with Crippen LogP contribution in [0.4, 0.5) is 20.6 Å². The van der Waals surface area contributed by atoms with Gasteiger partial charge in [-0.2, -0.15) is 0 Å². The topological polar surface area (TPSA) is 86.5 Å². The molecule has 180 valence electrons. The summed E-state index contributed by atoms with van der Waals surface area (Å²) < 4.78 is 42.9. The molecule has 2 aromatic rings. The maximum atomic E-state index is 15.2. The number of halogens is 1. The number of piperidine rings is 1. The molecule has 0 bridgehead atoms. The first-order valence-corrected chi connectivity index (χ1v) is 12.0. The zero-order chi connectivity index (χ0) is 23.0. The number of hydrogen-bond donors (Lipinski definition) is 0. The molecule has 1 spiro atoms. The lowest BCUT2D eigenvalue weighted by Crippen LogP contribution is -2.51. The molecule has 10 heteroatoms. The van der Waals surface area contributed by atoms with E-state index in [0.717, 1.165) is 45.6 Å². The third-order valence-electron chi connectivity index (χ3n) is 8.07. The number of ether oxygens (including phenoxy) is 4. The van der Waals surface area contributed by atoms with Crippen LogP contribution in [0, 0.1) is 23.6 Å². The quantitative estimate of drug-likeness (QED) is 0.654. The number of carbonyl (C=O) groups is 1. The number of aromatic nitrogens is 1. The summed E-state index contributed by atoms with van der Waals surface area (Å²) in [5.41, 5.74) is 1.56. The van der Waals surface area contributed by atoms with E-state index in [4.69, 9.17) is 23.5 Å². The highest BCUT2D eigenvalue weighted by atomic mass is 19.1. The van der Waals surface area contributed by atoms with Crippen LogP contribution in [0.25, 0.3) is 0 Å². The molecule has 5 aliphatic rings. The number of fused-ring (bicyclic) bond motifs is 3. The summed E-state index contributed by atoms with van der Waals surface area (Å²) in [7, 11) is 0. The van der Waals surface area contributed by atoms with Crippen LogP contribution < -0.4 is 14.5 Å². The van der Waals surface area contributed by atoms with Crippen molar-refractivity contribution in [1.82, 2.24) is 5.16 Å². The van der Waals surface area contributed by atoms with Crippen molar-refractivity contribution in [3.05, 3.63) is 35.8 Å². The lowest BCUT2D eigenvalue weighted by molar-refractivity contribution is -0.170. The molecule has 5 heterocycles. The summed E-state index contributed by atoms with van der Waals surface area (Å²) >= 11 is 0. The number of amides is 1. The largest absolute Gasteiger partial charge is 0.425 e. The molecule has 6 atom stereocenters. The Kier molecular flexibility index (Phi) is 4.42. The first kappa shape index (κ1) is 20.5. The Bertz CT molecular complexity index is 1120. The maximum Gasteiger partial charge on any atom is 0.418 e. The highest BCUT2D eigenvalue weighted by Crippen LogP contribution is 2.54. The molecule has 4 unspecified atom stereocenters. The SMILES string of the molecule is CC1N(c2ccc(N3CC4C(COC5CCCCO5)[C@@H]4C3)c(F)c2)C(=O)O[C@@]12Oc1nocc12. The normalized spacial score (nSPS) is 35.6. The van der Waals surface area contributed by atoms with Crippen LogP contribution in [0.1, 0.15) is 31.7 Å². The van der Waals surface area contributed by atoms with E-state index in [2.05, 4.69) is 10.1 Å². The van der Waals surface area contributed by atoms with Gasteiger partial charge in [0.05, 0.1) is 18.0 Å². The fourth-order valence-electron chi connectivity index (χ4n) is 6.05. The van der Waals surface area contributed by atoms with E-state index in [1.807, 2.05) is 0 Å². The molecule has 1 saturated carbocycles. The molecule has 4 fully saturated rings. The Morgan fingerprint density at radius 2 is 2.09 bits per heavy atom. The first-order valence-electron chi connectivity index (χ1n) is 12.0. The van der Waals surface area contributed by atoms with Crippen LogP contribution in [-0.2, 0) is 20.0 Å². The summed E-state index contributed by atoms with van der Waals surface area (Å²) in [5, 5.41) is 3.71. The van der Waals surface area contributed by atoms with Crippen molar-refractivity contribution in [3.8, 4) is 5.88 Å². The second-order valence-corrected chi connectivity index (χ2v) is 9.88. The standard InChI is InChI=1S/C24H26FN3O6/c1-13-24(18-12-32-26-22(18)33-24)34-23(29)28(13)14-5-6-20(19(25)8-14)27-9-15-16(10-27)17(15)11-31-21-4-2-3-7-30-21/h5-6,8,12-13,15-17,21H,2-4,7,9-11H2,1H3/t13?,15-,16?,17?,21?,24+/m1/s1. The van der Waals surface area contributed by atoms with Gasteiger partial charge in [0.2, 0.25) is 0 Å². The Balaban J connectivity index is 1.01. The molecule has 1 amide bonds. The van der Waals surface area contributed by atoms with Crippen molar-refractivity contribution in [2.24, 2.45) is 17.8 Å². The van der Waals surface area contributed by atoms with E-state index in [0.29, 0.717) is 40.6 Å². The van der Waals surface area contributed by atoms with Gasteiger partial charge in [0.25, 0.3) is 5.88 Å². The number of carbonyl (C=O) groups excluding carboxylic acids is 1. The van der Waals surface area contributed by atoms with Crippen molar-refractivity contribution in [2.45, 2.75) is 44.3 Å². The average Bonchev–Trinajstić information content (AvgIpc) is 3.14. The molecular formula is C24H26FN3O6. The molecule has 1 aliphatic carbocycles. The number of benzene rings is 1. The number of rotatable bonds is 5. The minimum Gasteiger partial charge on any atom is -0.425 e. The number of nitrogens with zero attached hydrogens (tertiary/aromatic N) is 3. The highest BCUT2D eigenvalue weighted by Gasteiger charge is 2.64. The highest BCUT2D eigenvalue weighted by molar-refractivity contribution is 5.92. The molecule has 1 aromatic carbocycles. The van der Waals surface area contributed by atoms with E-state index >= 15 is 4.39 Å². The lowest BCUT2D eigenvalue weighted by atomic mass is 9.97. The summed E-state index contributed by atoms with van der Waals surface area (Å²) in [6.45, 7) is 4.93. The molecule has 4 aliphatic heterocycles. The van der Waals surface area contributed by atoms with Crippen molar-refractivity contribution >= 4 is 17.5 Å². The predicted octanol–water partition coefficient (Wildman–Crippen LogP) is 3.63. The third kappa shape index (κ3) is 2.91. The minimum absolute atomic E-state index is 0.0586. The Morgan fingerprint density at radius 3 is 2.82 bits per heavy atom. The van der Waals surface area contributed by atoms with Crippen molar-refractivity contribution in [3.63, 3.8) is 0 Å². The van der Waals surface area contributed by atoms with Crippen LogP contribution in [0.15, 0.2) is 29.0 Å². The molecular weight excluding hydrogens is 445 g/mol. The van der Waals surface area contributed by atoms with Crippen LogP contribution in [0.2, 0.25) is 0 Å². The molecule has 9 nitrogen and oxygen atoms in total. The third-order valence-corrected chi connectivity index (χ3v) is 8.07. The van der Waals surface area contributed by atoms with Crippen molar-refractivity contribution in [1.29, 1.82) is 0 Å². The lowest BCUT2D eigenvalue weighted by Gasteiger charge is -2.37. The Labute approximate surface area is 195 Å². The van der Waals surface area contributed by atoms with Gasteiger partial charge >= 0.3 is 11.9 Å². The van der Waals surface area contributed by atoms with Crippen molar-refractivity contribution in [2.75, 3.05) is 36.1 Å². The summed E-state index contributed by atoms with van der Waals surface area (Å²) in [6.07, 6.45) is 4.00. The van der Waals surface area contributed by atoms with E-state index < -0.39 is 17.9 Å². The van der Waals surface area contributed by atoms with Crippen LogP contribution in [0.3, 0.4) is 0 Å². The van der Waals surface area contributed by atoms with Gasteiger partial charge in [-0.3, -0.25) is 4.90 Å². The second-order valence-electron chi connectivity index (χ2n) is 9.88. The van der Waals surface area contributed by atoms with E-state index in [1.165, 1.54) is 17.2 Å². The minimum atomic E-state index is -1.27. The number of anilines is 2. The van der Waals surface area contributed by atoms with E-state index in [1.54, 1.807) is 19.1 Å². The van der Waals surface area contributed by atoms with Gasteiger partial charge in [0.15, 0.2) is 6.29 Å². The van der Waals surface area contributed by atoms with Gasteiger partial charge < -0.3 is 28.4 Å². The predicted molar refractivity (Wildman–Crippen MR) is 116 cm³/mol. The second kappa shape index (κ2) is 7.32. The molecule has 7 rings (SSSR count). The monoisotopic (exact) mass is 471 g/mol. The van der Waals surface area contributed by atoms with Gasteiger partial charge in [-0.15, -0.1) is 0 Å². The average molecular weight is 471 g/mol. The smallest absolute Gasteiger partial charge is 0.418 e. The zero-order valence-corrected chi connectivity index (χ0v) is 18.8. The van der Waals surface area contributed by atoms with E-state index in [-0.39, 0.29) is 12.1 Å². The summed E-state index contributed by atoms with van der Waals surface area (Å²) in [5.74, 6) is 0.283. The molecule has 0 N–H and O–H groups in total. The first-order chi connectivity index (χ1) is 16.5. The van der Waals surface area contributed by atoms with Crippen molar-refractivity contribution < 1.29 is 32.7 Å². The van der Waals surface area contributed by atoms with Crippen LogP contribution in [0.5, 0.6) is 5.88 Å². The molecule has 1 aromatic heterocycles. The fourth-order valence-corrected chi connectivity index (χ4v) is 6.05. The molecule has 0 radical (unpaired) electrons. The van der Waals surface area contributed by atoms with Gasteiger partial charge in [-0.1, -0.05) is 0 Å². The van der Waals surface area contributed by atoms with Gasteiger partial charge in [-0.05, 0) is 67.3 Å². The van der Waals surface area contributed by atoms with Gasteiger partial charge in [0, 0.05) is 19.7 Å². The molecule has 34 heavy (non-hydrogen) atoms. The number of hydrogen-bond acceptors (Lipinski definition) is 8. The van der Waals surface area contributed by atoms with E-state index in [9.17, 15) is 4.79 Å². The van der Waals surface area contributed by atoms with Crippen LogP contribution in [-0.4, -0.2) is 49.9 Å². The fraction of sp³-hybridized carbons (Fsp3) is 0.583.